The predicted octanol–water partition coefficient (Wildman–Crippen LogP) is 2.96. The zero-order valence-corrected chi connectivity index (χ0v) is 14.2. The van der Waals surface area contributed by atoms with Crippen molar-refractivity contribution in [3.63, 3.8) is 0 Å². The third-order valence-corrected chi connectivity index (χ3v) is 5.87. The topological polar surface area (TPSA) is 58.2 Å². The molecule has 0 aromatic carbocycles. The Labute approximate surface area is 127 Å². The predicted molar refractivity (Wildman–Crippen MR) is 85.6 cm³/mol. The van der Waals surface area contributed by atoms with Gasteiger partial charge in [-0.25, -0.2) is 13.1 Å². The first-order valence-corrected chi connectivity index (χ1v) is 9.67. The van der Waals surface area contributed by atoms with Gasteiger partial charge in [-0.15, -0.1) is 11.3 Å². The molecule has 0 saturated carbocycles. The zero-order valence-electron chi connectivity index (χ0n) is 12.6. The Morgan fingerprint density at radius 2 is 1.95 bits per heavy atom. The fraction of sp³-hybridized carbons (Fsp3) is 0.714. The maximum Gasteiger partial charge on any atom is 0.241 e. The smallest absolute Gasteiger partial charge is 0.241 e. The average Bonchev–Trinajstić information content (AvgIpc) is 2.90. The zero-order chi connectivity index (χ0) is 15.0. The summed E-state index contributed by atoms with van der Waals surface area (Å²) in [5.41, 5.74) is 0. The Balaban J connectivity index is 2.59. The van der Waals surface area contributed by atoms with Crippen molar-refractivity contribution in [2.24, 2.45) is 5.92 Å². The molecular formula is C14H26N2O2S2. The number of thiophene rings is 1. The normalized spacial score (nSPS) is 12.2. The van der Waals surface area contributed by atoms with Gasteiger partial charge in [0.1, 0.15) is 0 Å². The van der Waals surface area contributed by atoms with Crippen LogP contribution in [0.15, 0.2) is 16.3 Å². The molecule has 0 amide bonds. The third-order valence-electron chi connectivity index (χ3n) is 3.38. The molecule has 0 fully saturated rings. The molecule has 116 valence electrons. The lowest BCUT2D eigenvalue weighted by Gasteiger charge is -2.12. The van der Waals surface area contributed by atoms with Gasteiger partial charge in [-0.2, -0.15) is 0 Å². The highest BCUT2D eigenvalue weighted by Gasteiger charge is 2.17. The Bertz CT molecular complexity index is 479. The van der Waals surface area contributed by atoms with Gasteiger partial charge in [-0.3, -0.25) is 0 Å². The van der Waals surface area contributed by atoms with Crippen molar-refractivity contribution in [3.8, 4) is 0 Å². The first-order valence-electron chi connectivity index (χ1n) is 7.31. The molecule has 0 radical (unpaired) electrons. The molecule has 20 heavy (non-hydrogen) atoms. The molecule has 0 aliphatic heterocycles. The van der Waals surface area contributed by atoms with Crippen molar-refractivity contribution < 1.29 is 8.42 Å². The fourth-order valence-electron chi connectivity index (χ4n) is 1.87. The van der Waals surface area contributed by atoms with Gasteiger partial charge in [-0.1, -0.05) is 33.6 Å². The SMILES string of the molecule is CCCNCc1cc(S(=O)(=O)NCC(CC)CC)cs1. The van der Waals surface area contributed by atoms with Crippen LogP contribution >= 0.6 is 11.3 Å². The Kier molecular flexibility index (Phi) is 7.72. The Morgan fingerprint density at radius 3 is 2.55 bits per heavy atom. The van der Waals surface area contributed by atoms with Gasteiger partial charge in [0.25, 0.3) is 0 Å². The van der Waals surface area contributed by atoms with Crippen LogP contribution < -0.4 is 10.0 Å². The van der Waals surface area contributed by atoms with E-state index in [0.29, 0.717) is 17.4 Å². The third kappa shape index (κ3) is 5.52. The van der Waals surface area contributed by atoms with Crippen LogP contribution in [0.5, 0.6) is 0 Å². The molecule has 0 atom stereocenters. The summed E-state index contributed by atoms with van der Waals surface area (Å²) in [6, 6.07) is 1.77. The van der Waals surface area contributed by atoms with Crippen molar-refractivity contribution >= 4 is 21.4 Å². The number of sulfonamides is 1. The highest BCUT2D eigenvalue weighted by Crippen LogP contribution is 2.19. The van der Waals surface area contributed by atoms with Crippen LogP contribution in [-0.4, -0.2) is 21.5 Å². The summed E-state index contributed by atoms with van der Waals surface area (Å²) in [4.78, 5) is 1.45. The lowest BCUT2D eigenvalue weighted by atomic mass is 10.0. The van der Waals surface area contributed by atoms with Crippen LogP contribution in [0.1, 0.15) is 44.9 Å². The number of hydrogen-bond donors (Lipinski definition) is 2. The quantitative estimate of drug-likeness (QED) is 0.652. The van der Waals surface area contributed by atoms with Crippen molar-refractivity contribution in [2.75, 3.05) is 13.1 Å². The van der Waals surface area contributed by atoms with Crippen LogP contribution in [0, 0.1) is 5.92 Å². The lowest BCUT2D eigenvalue weighted by molar-refractivity contribution is 0.479. The van der Waals surface area contributed by atoms with Crippen molar-refractivity contribution in [3.05, 3.63) is 16.3 Å². The second-order valence-electron chi connectivity index (χ2n) is 4.96. The molecular weight excluding hydrogens is 292 g/mol. The van der Waals surface area contributed by atoms with Crippen LogP contribution in [0.2, 0.25) is 0 Å². The van der Waals surface area contributed by atoms with E-state index in [2.05, 4.69) is 30.8 Å². The van der Waals surface area contributed by atoms with Crippen molar-refractivity contribution in [2.45, 2.75) is 51.5 Å². The number of rotatable bonds is 10. The minimum absolute atomic E-state index is 0.391. The van der Waals surface area contributed by atoms with Gasteiger partial charge in [0.05, 0.1) is 4.90 Å². The molecule has 0 bridgehead atoms. The molecule has 0 saturated heterocycles. The Hall–Kier alpha value is -0.430. The second-order valence-corrected chi connectivity index (χ2v) is 7.72. The molecule has 1 aromatic rings. The van der Waals surface area contributed by atoms with Gasteiger partial charge in [0.2, 0.25) is 10.0 Å². The van der Waals surface area contributed by atoms with Crippen LogP contribution in [-0.2, 0) is 16.6 Å². The van der Waals surface area contributed by atoms with E-state index in [1.54, 1.807) is 11.4 Å². The molecule has 1 aromatic heterocycles. The standard InChI is InChI=1S/C14H26N2O2S2/c1-4-7-15-10-13-8-14(11-19-13)20(17,18)16-9-12(5-2)6-3/h8,11-12,15-16H,4-7,9-10H2,1-3H3. The summed E-state index contributed by atoms with van der Waals surface area (Å²) in [7, 11) is -3.35. The van der Waals surface area contributed by atoms with Crippen LogP contribution in [0.4, 0.5) is 0 Å². The lowest BCUT2D eigenvalue weighted by Crippen LogP contribution is -2.28. The van der Waals surface area contributed by atoms with Crippen LogP contribution in [0.25, 0.3) is 0 Å². The Morgan fingerprint density at radius 1 is 1.25 bits per heavy atom. The highest BCUT2D eigenvalue weighted by molar-refractivity contribution is 7.89. The first kappa shape index (κ1) is 17.6. The minimum atomic E-state index is -3.35. The van der Waals surface area contributed by atoms with E-state index in [1.807, 2.05) is 0 Å². The van der Waals surface area contributed by atoms with E-state index in [1.165, 1.54) is 11.3 Å². The van der Waals surface area contributed by atoms with Gasteiger partial charge in [0.15, 0.2) is 0 Å². The molecule has 0 aliphatic rings. The summed E-state index contributed by atoms with van der Waals surface area (Å²) in [5, 5.41) is 5.00. The summed E-state index contributed by atoms with van der Waals surface area (Å²) >= 11 is 1.49. The second kappa shape index (κ2) is 8.77. The van der Waals surface area contributed by atoms with E-state index in [-0.39, 0.29) is 0 Å². The molecule has 6 heteroatoms. The summed E-state index contributed by atoms with van der Waals surface area (Å²) < 4.78 is 27.1. The van der Waals surface area contributed by atoms with Crippen LogP contribution in [0.3, 0.4) is 0 Å². The van der Waals surface area contributed by atoms with Crippen molar-refractivity contribution in [1.29, 1.82) is 0 Å². The average molecular weight is 319 g/mol. The molecule has 1 heterocycles. The maximum absolute atomic E-state index is 12.2. The molecule has 1 rings (SSSR count). The molecule has 0 aliphatic carbocycles. The number of hydrogen-bond acceptors (Lipinski definition) is 4. The summed E-state index contributed by atoms with van der Waals surface area (Å²) in [6.45, 7) is 8.50. The van der Waals surface area contributed by atoms with Gasteiger partial charge in [-0.05, 0) is 24.9 Å². The molecule has 0 spiro atoms. The van der Waals surface area contributed by atoms with Gasteiger partial charge in [0, 0.05) is 23.3 Å². The first-order chi connectivity index (χ1) is 9.53. The summed E-state index contributed by atoms with van der Waals surface area (Å²) in [5.74, 6) is 0.411. The maximum atomic E-state index is 12.2. The minimum Gasteiger partial charge on any atom is -0.312 e. The van der Waals surface area contributed by atoms with Gasteiger partial charge >= 0.3 is 0 Å². The van der Waals surface area contributed by atoms with E-state index in [9.17, 15) is 8.42 Å². The van der Waals surface area contributed by atoms with E-state index >= 15 is 0 Å². The summed E-state index contributed by atoms with van der Waals surface area (Å²) in [6.07, 6.45) is 3.07. The number of nitrogens with one attached hydrogen (secondary N) is 2. The van der Waals surface area contributed by atoms with Crippen molar-refractivity contribution in [1.82, 2.24) is 10.0 Å². The fourth-order valence-corrected chi connectivity index (χ4v) is 4.23. The largest absolute Gasteiger partial charge is 0.312 e. The highest BCUT2D eigenvalue weighted by atomic mass is 32.2. The molecule has 0 unspecified atom stereocenters. The monoisotopic (exact) mass is 318 g/mol. The van der Waals surface area contributed by atoms with E-state index in [4.69, 9.17) is 0 Å². The van der Waals surface area contributed by atoms with E-state index in [0.717, 1.165) is 37.2 Å². The van der Waals surface area contributed by atoms with E-state index < -0.39 is 10.0 Å². The molecule has 2 N–H and O–H groups in total. The molecule has 4 nitrogen and oxygen atoms in total. The van der Waals surface area contributed by atoms with Gasteiger partial charge < -0.3 is 5.32 Å².